The predicted octanol–water partition coefficient (Wildman–Crippen LogP) is 1.83. The van der Waals surface area contributed by atoms with Crippen molar-refractivity contribution in [3.8, 4) is 0 Å². The molecule has 0 saturated heterocycles. The highest BCUT2D eigenvalue weighted by Gasteiger charge is 2.65. The monoisotopic (exact) mass is 292 g/mol. The second-order valence-electron chi connectivity index (χ2n) is 7.50. The zero-order valence-corrected chi connectivity index (χ0v) is 12.3. The third kappa shape index (κ3) is 2.21. The minimum absolute atomic E-state index is 0.0927. The maximum absolute atomic E-state index is 12.0. The van der Waals surface area contributed by atoms with Crippen molar-refractivity contribution in [2.75, 3.05) is 6.54 Å². The van der Waals surface area contributed by atoms with Crippen LogP contribution < -0.4 is 10.6 Å². The number of urea groups is 1. The Morgan fingerprint density at radius 3 is 2.43 bits per heavy atom. The van der Waals surface area contributed by atoms with Crippen molar-refractivity contribution >= 4 is 12.0 Å². The van der Waals surface area contributed by atoms with Gasteiger partial charge in [-0.1, -0.05) is 6.42 Å². The molecule has 4 fully saturated rings. The molecule has 3 N–H and O–H groups in total. The number of carbonyl (C=O) groups is 2. The Labute approximate surface area is 124 Å². The summed E-state index contributed by atoms with van der Waals surface area (Å²) in [4.78, 5) is 23.1. The fourth-order valence-corrected chi connectivity index (χ4v) is 5.55. The fraction of sp³-hybridized carbons (Fsp3) is 0.875. The van der Waals surface area contributed by atoms with Crippen molar-refractivity contribution in [3.63, 3.8) is 0 Å². The molecule has 4 saturated carbocycles. The van der Waals surface area contributed by atoms with Gasteiger partial charge in [0.1, 0.15) is 0 Å². The van der Waals surface area contributed by atoms with Crippen LogP contribution in [0.1, 0.15) is 38.5 Å². The number of carboxylic acid groups (broad SMARTS) is 1. The van der Waals surface area contributed by atoms with Gasteiger partial charge in [0.2, 0.25) is 0 Å². The third-order valence-corrected chi connectivity index (χ3v) is 6.53. The van der Waals surface area contributed by atoms with Crippen LogP contribution in [0.3, 0.4) is 0 Å². The summed E-state index contributed by atoms with van der Waals surface area (Å²) in [5.41, 5.74) is 0. The van der Waals surface area contributed by atoms with Gasteiger partial charge in [-0.05, 0) is 61.7 Å². The van der Waals surface area contributed by atoms with E-state index in [1.807, 2.05) is 0 Å². The molecule has 2 bridgehead atoms. The van der Waals surface area contributed by atoms with Crippen LogP contribution in [0, 0.1) is 35.5 Å². The molecule has 0 aromatic heterocycles. The average Bonchev–Trinajstić information content (AvgIpc) is 2.91. The molecule has 0 aromatic rings. The minimum atomic E-state index is -0.715. The smallest absolute Gasteiger partial charge is 0.315 e. The van der Waals surface area contributed by atoms with E-state index in [1.54, 1.807) is 0 Å². The largest absolute Gasteiger partial charge is 0.481 e. The summed E-state index contributed by atoms with van der Waals surface area (Å²) in [5.74, 6) is 2.31. The molecule has 0 radical (unpaired) electrons. The quantitative estimate of drug-likeness (QED) is 0.739. The van der Waals surface area contributed by atoms with Gasteiger partial charge in [0.25, 0.3) is 0 Å². The van der Waals surface area contributed by atoms with E-state index >= 15 is 0 Å². The second kappa shape index (κ2) is 4.89. The fourth-order valence-electron chi connectivity index (χ4n) is 5.55. The van der Waals surface area contributed by atoms with Crippen molar-refractivity contribution in [2.45, 2.75) is 44.6 Å². The highest BCUT2D eigenvalue weighted by Crippen LogP contribution is 2.65. The number of nitrogens with one attached hydrogen (secondary N) is 2. The Morgan fingerprint density at radius 1 is 1.05 bits per heavy atom. The molecule has 4 aliphatic rings. The lowest BCUT2D eigenvalue weighted by Crippen LogP contribution is -2.42. The zero-order chi connectivity index (χ0) is 14.6. The van der Waals surface area contributed by atoms with Crippen molar-refractivity contribution in [3.05, 3.63) is 0 Å². The van der Waals surface area contributed by atoms with Crippen LogP contribution in [0.2, 0.25) is 0 Å². The predicted molar refractivity (Wildman–Crippen MR) is 76.6 cm³/mol. The summed E-state index contributed by atoms with van der Waals surface area (Å²) in [6, 6.07) is 0.305. The van der Waals surface area contributed by atoms with Crippen molar-refractivity contribution in [1.82, 2.24) is 10.6 Å². The van der Waals surface area contributed by atoms with Crippen LogP contribution >= 0.6 is 0 Å². The highest BCUT2D eigenvalue weighted by atomic mass is 16.4. The number of hydrogen-bond donors (Lipinski definition) is 3. The third-order valence-electron chi connectivity index (χ3n) is 6.53. The number of carbonyl (C=O) groups excluding carboxylic acids is 1. The summed E-state index contributed by atoms with van der Waals surface area (Å²) in [6.45, 7) is 0.498. The summed E-state index contributed by atoms with van der Waals surface area (Å²) in [6.07, 6.45) is 6.72. The van der Waals surface area contributed by atoms with Crippen LogP contribution in [0.15, 0.2) is 0 Å². The van der Waals surface area contributed by atoms with Crippen LogP contribution in [-0.2, 0) is 4.79 Å². The number of rotatable bonds is 4. The Hall–Kier alpha value is -1.26. The SMILES string of the molecule is O=C(NCC1CCCC1C(=O)O)NC1C2C3CCC(C3)C12. The molecular formula is C16H24N2O3. The maximum Gasteiger partial charge on any atom is 0.315 e. The van der Waals surface area contributed by atoms with Gasteiger partial charge in [0, 0.05) is 12.6 Å². The zero-order valence-electron chi connectivity index (χ0n) is 12.3. The first-order chi connectivity index (χ1) is 10.1. The minimum Gasteiger partial charge on any atom is -0.481 e. The molecule has 116 valence electrons. The molecule has 0 aliphatic heterocycles. The van der Waals surface area contributed by atoms with Gasteiger partial charge in [-0.25, -0.2) is 4.79 Å². The van der Waals surface area contributed by atoms with Crippen LogP contribution in [0.4, 0.5) is 4.79 Å². The van der Waals surface area contributed by atoms with Crippen LogP contribution in [-0.4, -0.2) is 29.7 Å². The van der Waals surface area contributed by atoms with Gasteiger partial charge in [-0.15, -0.1) is 0 Å². The first-order valence-electron chi connectivity index (χ1n) is 8.42. The first-order valence-corrected chi connectivity index (χ1v) is 8.42. The number of amides is 2. The molecular weight excluding hydrogens is 268 g/mol. The van der Waals surface area contributed by atoms with Gasteiger partial charge < -0.3 is 15.7 Å². The number of fused-ring (bicyclic) bond motifs is 5. The van der Waals surface area contributed by atoms with Crippen LogP contribution in [0.5, 0.6) is 0 Å². The maximum atomic E-state index is 12.0. The van der Waals surface area contributed by atoms with E-state index in [0.717, 1.165) is 42.9 Å². The first kappa shape index (κ1) is 13.4. The van der Waals surface area contributed by atoms with E-state index in [9.17, 15) is 9.59 Å². The van der Waals surface area contributed by atoms with Gasteiger partial charge in [-0.2, -0.15) is 0 Å². The standard InChI is InChI=1S/C16H24N2O3/c19-15(20)11-3-1-2-10(11)7-17-16(21)18-14-12-8-4-5-9(6-8)13(12)14/h8-14H,1-7H2,(H,19,20)(H2,17,18,21). The second-order valence-corrected chi connectivity index (χ2v) is 7.50. The summed E-state index contributed by atoms with van der Waals surface area (Å²) in [7, 11) is 0. The molecule has 5 heteroatoms. The molecule has 6 unspecified atom stereocenters. The Morgan fingerprint density at radius 2 is 1.76 bits per heavy atom. The van der Waals surface area contributed by atoms with E-state index in [1.165, 1.54) is 19.3 Å². The van der Waals surface area contributed by atoms with Gasteiger partial charge in [0.05, 0.1) is 5.92 Å². The molecule has 0 spiro atoms. The number of aliphatic carboxylic acids is 1. The van der Waals surface area contributed by atoms with Gasteiger partial charge in [0.15, 0.2) is 0 Å². The van der Waals surface area contributed by atoms with Crippen molar-refractivity contribution in [2.24, 2.45) is 35.5 Å². The molecule has 6 atom stereocenters. The molecule has 5 nitrogen and oxygen atoms in total. The van der Waals surface area contributed by atoms with Crippen molar-refractivity contribution in [1.29, 1.82) is 0 Å². The summed E-state index contributed by atoms with van der Waals surface area (Å²) in [5, 5.41) is 15.2. The Balaban J connectivity index is 1.23. The lowest BCUT2D eigenvalue weighted by Gasteiger charge is -2.17. The Kier molecular flexibility index (Phi) is 3.12. The average molecular weight is 292 g/mol. The van der Waals surface area contributed by atoms with E-state index in [-0.39, 0.29) is 17.9 Å². The van der Waals surface area contributed by atoms with E-state index in [0.29, 0.717) is 12.6 Å². The van der Waals surface area contributed by atoms with E-state index < -0.39 is 5.97 Å². The molecule has 4 rings (SSSR count). The number of carboxylic acids is 1. The molecule has 21 heavy (non-hydrogen) atoms. The van der Waals surface area contributed by atoms with E-state index in [2.05, 4.69) is 10.6 Å². The normalized spacial score (nSPS) is 46.2. The summed E-state index contributed by atoms with van der Waals surface area (Å²) >= 11 is 0. The molecule has 4 aliphatic carbocycles. The number of hydrogen-bond acceptors (Lipinski definition) is 2. The lowest BCUT2D eigenvalue weighted by molar-refractivity contribution is -0.142. The van der Waals surface area contributed by atoms with Gasteiger partial charge in [-0.3, -0.25) is 4.79 Å². The topological polar surface area (TPSA) is 78.4 Å². The van der Waals surface area contributed by atoms with Crippen molar-refractivity contribution < 1.29 is 14.7 Å². The highest BCUT2D eigenvalue weighted by molar-refractivity contribution is 5.75. The molecule has 0 aromatic carbocycles. The summed E-state index contributed by atoms with van der Waals surface area (Å²) < 4.78 is 0. The lowest BCUT2D eigenvalue weighted by atomic mass is 9.96. The molecule has 2 amide bonds. The van der Waals surface area contributed by atoms with Crippen LogP contribution in [0.25, 0.3) is 0 Å². The molecule has 0 heterocycles. The van der Waals surface area contributed by atoms with Gasteiger partial charge >= 0.3 is 12.0 Å². The Bertz CT molecular complexity index is 450. The van der Waals surface area contributed by atoms with E-state index in [4.69, 9.17) is 5.11 Å².